The molecule has 0 fully saturated rings. The fourth-order valence-electron chi connectivity index (χ4n) is 4.13. The summed E-state index contributed by atoms with van der Waals surface area (Å²) >= 11 is 1.66. The summed E-state index contributed by atoms with van der Waals surface area (Å²) in [6.07, 6.45) is 2.58. The van der Waals surface area contributed by atoms with Crippen molar-refractivity contribution in [3.8, 4) is 11.4 Å². The van der Waals surface area contributed by atoms with Crippen molar-refractivity contribution in [1.29, 1.82) is 0 Å². The van der Waals surface area contributed by atoms with Gasteiger partial charge in [0.2, 0.25) is 0 Å². The lowest BCUT2D eigenvalue weighted by Crippen LogP contribution is -2.22. The average Bonchev–Trinajstić information content (AvgIpc) is 3.46. The lowest BCUT2D eigenvalue weighted by Gasteiger charge is -2.23. The molecule has 4 heteroatoms. The number of imidazole rings is 1. The van der Waals surface area contributed by atoms with Crippen LogP contribution in [-0.4, -0.2) is 15.8 Å². The van der Waals surface area contributed by atoms with Crippen LogP contribution in [0.3, 0.4) is 0 Å². The van der Waals surface area contributed by atoms with Gasteiger partial charge in [-0.25, -0.2) is 4.98 Å². The molecular weight excluding hydrogens is 400 g/mol. The molecule has 2 atom stereocenters. The lowest BCUT2D eigenvalue weighted by molar-refractivity contribution is -0.121. The third-order valence-electron chi connectivity index (χ3n) is 5.54. The van der Waals surface area contributed by atoms with Crippen LogP contribution in [0.1, 0.15) is 57.6 Å². The van der Waals surface area contributed by atoms with E-state index in [0.717, 1.165) is 46.4 Å². The second kappa shape index (κ2) is 11.1. The molecule has 1 unspecified atom stereocenters. The summed E-state index contributed by atoms with van der Waals surface area (Å²) in [5, 5.41) is 4.13. The molecular formula is C27H32N2OS. The van der Waals surface area contributed by atoms with Gasteiger partial charge >= 0.3 is 0 Å². The maximum Gasteiger partial charge on any atom is 0.144 e. The SMILES string of the molecule is CC.CCCC(C)[C@H](C(=O)Cc1ccc2nc(-c3ccsc3)[nH]c2c1)c1ccccc1. The van der Waals surface area contributed by atoms with Crippen molar-refractivity contribution in [2.45, 2.75) is 52.9 Å². The minimum absolute atomic E-state index is 0.0602. The summed E-state index contributed by atoms with van der Waals surface area (Å²) in [5.41, 5.74) is 5.17. The van der Waals surface area contributed by atoms with Crippen molar-refractivity contribution in [2.24, 2.45) is 5.92 Å². The van der Waals surface area contributed by atoms with Gasteiger partial charge in [-0.15, -0.1) is 0 Å². The number of fused-ring (bicyclic) bond motifs is 1. The van der Waals surface area contributed by atoms with Gasteiger partial charge in [0.1, 0.15) is 11.6 Å². The molecule has 0 aliphatic rings. The number of carbonyl (C=O) groups is 1. The van der Waals surface area contributed by atoms with Gasteiger partial charge in [-0.3, -0.25) is 4.79 Å². The van der Waals surface area contributed by atoms with Gasteiger partial charge in [0.25, 0.3) is 0 Å². The molecule has 4 aromatic rings. The van der Waals surface area contributed by atoms with Gasteiger partial charge in [0.05, 0.1) is 11.0 Å². The van der Waals surface area contributed by atoms with Crippen LogP contribution in [0, 0.1) is 5.92 Å². The smallest absolute Gasteiger partial charge is 0.144 e. The standard InChI is InChI=1S/C25H26N2OS.C2H6/c1-3-7-17(2)24(19-8-5-4-6-9-19)23(28)15-18-10-11-21-22(14-18)27-25(26-21)20-12-13-29-16-20;1-2/h4-6,8-14,16-17,24H,3,7,15H2,1-2H3,(H,26,27);1-2H3/t17?,24-;/m0./s1. The molecule has 0 saturated heterocycles. The molecule has 2 aromatic heterocycles. The minimum Gasteiger partial charge on any atom is -0.338 e. The van der Waals surface area contributed by atoms with E-state index in [1.54, 1.807) is 11.3 Å². The number of nitrogens with one attached hydrogen (secondary N) is 1. The zero-order valence-corrected chi connectivity index (χ0v) is 19.7. The van der Waals surface area contributed by atoms with Crippen LogP contribution in [0.2, 0.25) is 0 Å². The van der Waals surface area contributed by atoms with Crippen LogP contribution < -0.4 is 0 Å². The zero-order valence-electron chi connectivity index (χ0n) is 18.9. The molecule has 2 heterocycles. The Labute approximate surface area is 189 Å². The van der Waals surface area contributed by atoms with Crippen molar-refractivity contribution >= 4 is 28.2 Å². The normalized spacial score (nSPS) is 12.8. The number of hydrogen-bond acceptors (Lipinski definition) is 3. The van der Waals surface area contributed by atoms with Gasteiger partial charge in [-0.05, 0) is 47.0 Å². The maximum absolute atomic E-state index is 13.3. The Kier molecular flexibility index (Phi) is 8.19. The predicted octanol–water partition coefficient (Wildman–Crippen LogP) is 7.65. The van der Waals surface area contributed by atoms with E-state index in [4.69, 9.17) is 0 Å². The number of ketones is 1. The van der Waals surface area contributed by atoms with Crippen LogP contribution in [0.25, 0.3) is 22.4 Å². The second-order valence-electron chi connectivity index (χ2n) is 7.75. The Morgan fingerprint density at radius 1 is 1.10 bits per heavy atom. The third-order valence-corrected chi connectivity index (χ3v) is 6.22. The van der Waals surface area contributed by atoms with E-state index in [0.29, 0.717) is 12.3 Å². The van der Waals surface area contributed by atoms with Crippen LogP contribution in [0.4, 0.5) is 0 Å². The Hall–Kier alpha value is -2.72. The molecule has 0 aliphatic carbocycles. The fraction of sp³-hybridized carbons (Fsp3) is 0.333. The fourth-order valence-corrected chi connectivity index (χ4v) is 4.77. The van der Waals surface area contributed by atoms with Crippen LogP contribution in [0.15, 0.2) is 65.4 Å². The number of rotatable bonds is 8. The third kappa shape index (κ3) is 5.50. The molecule has 0 aliphatic heterocycles. The highest BCUT2D eigenvalue weighted by Gasteiger charge is 2.26. The number of aromatic nitrogens is 2. The molecule has 4 rings (SSSR count). The number of benzene rings is 2. The summed E-state index contributed by atoms with van der Waals surface area (Å²) in [6, 6.07) is 18.4. The van der Waals surface area contributed by atoms with Crippen LogP contribution >= 0.6 is 11.3 Å². The Morgan fingerprint density at radius 3 is 2.55 bits per heavy atom. The van der Waals surface area contributed by atoms with Gasteiger partial charge < -0.3 is 4.98 Å². The molecule has 2 aromatic carbocycles. The number of thiophene rings is 1. The van der Waals surface area contributed by atoms with E-state index >= 15 is 0 Å². The quantitative estimate of drug-likeness (QED) is 0.311. The summed E-state index contributed by atoms with van der Waals surface area (Å²) in [4.78, 5) is 21.4. The van der Waals surface area contributed by atoms with Crippen molar-refractivity contribution in [3.63, 3.8) is 0 Å². The molecule has 162 valence electrons. The van der Waals surface area contributed by atoms with E-state index in [1.165, 1.54) is 0 Å². The number of Topliss-reactive ketones (excluding diaryl/α,β-unsaturated/α-hetero) is 1. The molecule has 0 amide bonds. The first-order chi connectivity index (χ1) is 15.2. The Balaban J connectivity index is 0.00000132. The van der Waals surface area contributed by atoms with Crippen molar-refractivity contribution in [1.82, 2.24) is 9.97 Å². The summed E-state index contributed by atoms with van der Waals surface area (Å²) < 4.78 is 0. The van der Waals surface area contributed by atoms with Gasteiger partial charge in [0.15, 0.2) is 0 Å². The second-order valence-corrected chi connectivity index (χ2v) is 8.53. The molecule has 0 saturated carbocycles. The molecule has 0 bridgehead atoms. The number of hydrogen-bond donors (Lipinski definition) is 1. The number of H-pyrrole nitrogens is 1. The topological polar surface area (TPSA) is 45.8 Å². The lowest BCUT2D eigenvalue weighted by atomic mass is 9.80. The minimum atomic E-state index is -0.0602. The van der Waals surface area contributed by atoms with Crippen molar-refractivity contribution < 1.29 is 4.79 Å². The predicted molar refractivity (Wildman–Crippen MR) is 133 cm³/mol. The maximum atomic E-state index is 13.3. The monoisotopic (exact) mass is 432 g/mol. The number of carbonyl (C=O) groups excluding carboxylic acids is 1. The first-order valence-electron chi connectivity index (χ1n) is 11.2. The van der Waals surface area contributed by atoms with E-state index in [9.17, 15) is 4.79 Å². The van der Waals surface area contributed by atoms with Crippen molar-refractivity contribution in [2.75, 3.05) is 0 Å². The molecule has 3 nitrogen and oxygen atoms in total. The summed E-state index contributed by atoms with van der Waals surface area (Å²) in [5.74, 6) is 1.43. The zero-order chi connectivity index (χ0) is 22.2. The van der Waals surface area contributed by atoms with Crippen molar-refractivity contribution in [3.05, 3.63) is 76.5 Å². The number of aromatic amines is 1. The average molecular weight is 433 g/mol. The van der Waals surface area contributed by atoms with Gasteiger partial charge in [-0.1, -0.05) is 70.5 Å². The van der Waals surface area contributed by atoms with E-state index in [-0.39, 0.29) is 11.7 Å². The summed E-state index contributed by atoms with van der Waals surface area (Å²) in [7, 11) is 0. The Bertz CT molecular complexity index is 1080. The van der Waals surface area contributed by atoms with E-state index < -0.39 is 0 Å². The van der Waals surface area contributed by atoms with Crippen LogP contribution in [0.5, 0.6) is 0 Å². The highest BCUT2D eigenvalue weighted by molar-refractivity contribution is 7.08. The molecule has 1 N–H and O–H groups in total. The number of nitrogens with zero attached hydrogens (tertiary/aromatic N) is 1. The van der Waals surface area contributed by atoms with Crippen LogP contribution in [-0.2, 0) is 11.2 Å². The van der Waals surface area contributed by atoms with Gasteiger partial charge in [0, 0.05) is 23.3 Å². The van der Waals surface area contributed by atoms with Gasteiger partial charge in [-0.2, -0.15) is 11.3 Å². The first kappa shape index (κ1) is 23.0. The molecule has 0 spiro atoms. The highest BCUT2D eigenvalue weighted by Crippen LogP contribution is 2.31. The van der Waals surface area contributed by atoms with E-state index in [2.05, 4.69) is 53.5 Å². The Morgan fingerprint density at radius 2 is 1.87 bits per heavy atom. The first-order valence-corrected chi connectivity index (χ1v) is 12.2. The largest absolute Gasteiger partial charge is 0.338 e. The molecule has 0 radical (unpaired) electrons. The summed E-state index contributed by atoms with van der Waals surface area (Å²) in [6.45, 7) is 8.38. The van der Waals surface area contributed by atoms with E-state index in [1.807, 2.05) is 49.6 Å². The molecule has 31 heavy (non-hydrogen) atoms. The highest BCUT2D eigenvalue weighted by atomic mass is 32.1.